The average molecular weight is 445 g/mol. The molecule has 32 heavy (non-hydrogen) atoms. The van der Waals surface area contributed by atoms with E-state index in [0.29, 0.717) is 13.1 Å². The maximum atomic E-state index is 13.2. The van der Waals surface area contributed by atoms with Crippen molar-refractivity contribution in [3.8, 4) is 0 Å². The number of carbonyl (C=O) groups is 1. The Kier molecular flexibility index (Phi) is 7.35. The number of hydrogen-bond acceptors (Lipinski definition) is 3. The summed E-state index contributed by atoms with van der Waals surface area (Å²) in [4.78, 5) is 14.0. The first-order valence-electron chi connectivity index (χ1n) is 10.3. The van der Waals surface area contributed by atoms with E-state index in [-0.39, 0.29) is 24.6 Å². The number of amides is 1. The van der Waals surface area contributed by atoms with Crippen molar-refractivity contribution >= 4 is 5.91 Å². The molecule has 1 amide bonds. The van der Waals surface area contributed by atoms with Gasteiger partial charge in [0.1, 0.15) is 0 Å². The SMILES string of the molecule is Cc1nn(Cc2ccccc2)c(C)c1CNC(=O)CN(C)Cc1ccccc1C(F)(F)F. The largest absolute Gasteiger partial charge is 0.416 e. The molecule has 0 spiro atoms. The molecule has 0 unspecified atom stereocenters. The molecule has 0 aliphatic rings. The molecule has 1 N–H and O–H groups in total. The Hall–Kier alpha value is -3.13. The maximum Gasteiger partial charge on any atom is 0.416 e. The van der Waals surface area contributed by atoms with Crippen LogP contribution in [0.1, 0.15) is 33.6 Å². The van der Waals surface area contributed by atoms with E-state index in [9.17, 15) is 18.0 Å². The second kappa shape index (κ2) is 9.99. The first kappa shape index (κ1) is 23.5. The minimum atomic E-state index is -4.42. The van der Waals surface area contributed by atoms with Crippen LogP contribution in [0.4, 0.5) is 13.2 Å². The van der Waals surface area contributed by atoms with Gasteiger partial charge in [0, 0.05) is 24.3 Å². The molecule has 0 fully saturated rings. The molecule has 1 aromatic heterocycles. The van der Waals surface area contributed by atoms with Crippen LogP contribution in [0.25, 0.3) is 0 Å². The molecule has 0 radical (unpaired) electrons. The summed E-state index contributed by atoms with van der Waals surface area (Å²) in [6, 6.07) is 15.4. The van der Waals surface area contributed by atoms with Crippen LogP contribution in [0.5, 0.6) is 0 Å². The Balaban J connectivity index is 1.57. The molecule has 0 aliphatic heterocycles. The lowest BCUT2D eigenvalue weighted by Crippen LogP contribution is -2.35. The van der Waals surface area contributed by atoms with Gasteiger partial charge in [0.2, 0.25) is 5.91 Å². The normalized spacial score (nSPS) is 11.7. The number of nitrogens with zero attached hydrogens (tertiary/aromatic N) is 3. The summed E-state index contributed by atoms with van der Waals surface area (Å²) < 4.78 is 41.4. The van der Waals surface area contributed by atoms with Crippen LogP contribution in [-0.2, 0) is 30.6 Å². The van der Waals surface area contributed by atoms with Crippen LogP contribution in [0.15, 0.2) is 54.6 Å². The smallest absolute Gasteiger partial charge is 0.351 e. The number of carbonyl (C=O) groups excluding carboxylic acids is 1. The topological polar surface area (TPSA) is 50.2 Å². The van der Waals surface area contributed by atoms with Crippen molar-refractivity contribution in [2.45, 2.75) is 39.7 Å². The lowest BCUT2D eigenvalue weighted by molar-refractivity contribution is -0.138. The van der Waals surface area contributed by atoms with Crippen LogP contribution in [0.2, 0.25) is 0 Å². The monoisotopic (exact) mass is 444 g/mol. The van der Waals surface area contributed by atoms with E-state index in [2.05, 4.69) is 10.4 Å². The van der Waals surface area contributed by atoms with Crippen LogP contribution in [0, 0.1) is 13.8 Å². The molecule has 3 aromatic rings. The molecule has 2 aromatic carbocycles. The lowest BCUT2D eigenvalue weighted by Gasteiger charge is -2.19. The fraction of sp³-hybridized carbons (Fsp3) is 0.333. The third-order valence-corrected chi connectivity index (χ3v) is 5.35. The van der Waals surface area contributed by atoms with Gasteiger partial charge >= 0.3 is 6.18 Å². The molecule has 1 heterocycles. The fourth-order valence-electron chi connectivity index (χ4n) is 3.67. The molecular weight excluding hydrogens is 417 g/mol. The highest BCUT2D eigenvalue weighted by Gasteiger charge is 2.33. The third kappa shape index (κ3) is 5.97. The first-order chi connectivity index (χ1) is 15.1. The Morgan fingerprint density at radius 3 is 2.41 bits per heavy atom. The predicted molar refractivity (Wildman–Crippen MR) is 117 cm³/mol. The molecule has 0 bridgehead atoms. The summed E-state index contributed by atoms with van der Waals surface area (Å²) in [5.41, 5.74) is 3.35. The van der Waals surface area contributed by atoms with Crippen LogP contribution < -0.4 is 5.32 Å². The second-order valence-electron chi connectivity index (χ2n) is 7.90. The van der Waals surface area contributed by atoms with Crippen molar-refractivity contribution in [2.75, 3.05) is 13.6 Å². The van der Waals surface area contributed by atoms with E-state index in [1.54, 1.807) is 18.0 Å². The van der Waals surface area contributed by atoms with E-state index in [1.807, 2.05) is 48.9 Å². The van der Waals surface area contributed by atoms with E-state index < -0.39 is 11.7 Å². The van der Waals surface area contributed by atoms with Crippen molar-refractivity contribution in [1.82, 2.24) is 20.0 Å². The molecule has 0 saturated carbocycles. The molecule has 0 atom stereocenters. The highest BCUT2D eigenvalue weighted by Crippen LogP contribution is 2.32. The minimum absolute atomic E-state index is 0.0115. The number of aromatic nitrogens is 2. The zero-order valence-corrected chi connectivity index (χ0v) is 18.4. The number of likely N-dealkylation sites (N-methyl/N-ethyl adjacent to an activating group) is 1. The highest BCUT2D eigenvalue weighted by atomic mass is 19.4. The summed E-state index contributed by atoms with van der Waals surface area (Å²) in [5.74, 6) is -0.258. The second-order valence-corrected chi connectivity index (χ2v) is 7.90. The molecule has 8 heteroatoms. The summed E-state index contributed by atoms with van der Waals surface area (Å²) in [7, 11) is 1.63. The van der Waals surface area contributed by atoms with Gasteiger partial charge < -0.3 is 5.32 Å². The van der Waals surface area contributed by atoms with Gasteiger partial charge in [0.05, 0.1) is 24.3 Å². The Morgan fingerprint density at radius 1 is 1.06 bits per heavy atom. The lowest BCUT2D eigenvalue weighted by atomic mass is 10.1. The van der Waals surface area contributed by atoms with Gasteiger partial charge in [-0.05, 0) is 38.1 Å². The molecule has 170 valence electrons. The molecule has 3 rings (SSSR count). The van der Waals surface area contributed by atoms with Gasteiger partial charge in [-0.1, -0.05) is 48.5 Å². The van der Waals surface area contributed by atoms with Gasteiger partial charge in [-0.15, -0.1) is 0 Å². The minimum Gasteiger partial charge on any atom is -0.351 e. The van der Waals surface area contributed by atoms with Crippen molar-refractivity contribution in [3.05, 3.63) is 88.2 Å². The predicted octanol–water partition coefficient (Wildman–Crippen LogP) is 4.32. The van der Waals surface area contributed by atoms with Crippen molar-refractivity contribution in [2.24, 2.45) is 0 Å². The van der Waals surface area contributed by atoms with Crippen molar-refractivity contribution in [3.63, 3.8) is 0 Å². The number of halogens is 3. The summed E-state index contributed by atoms with van der Waals surface area (Å²) in [5, 5.41) is 7.44. The van der Waals surface area contributed by atoms with Crippen LogP contribution in [-0.4, -0.2) is 34.2 Å². The number of hydrogen-bond donors (Lipinski definition) is 1. The zero-order chi connectivity index (χ0) is 23.3. The Morgan fingerprint density at radius 2 is 1.72 bits per heavy atom. The molecular formula is C24H27F3N4O. The number of nitrogens with one attached hydrogen (secondary N) is 1. The third-order valence-electron chi connectivity index (χ3n) is 5.35. The molecule has 5 nitrogen and oxygen atoms in total. The highest BCUT2D eigenvalue weighted by molar-refractivity contribution is 5.78. The molecule has 0 aliphatic carbocycles. The van der Waals surface area contributed by atoms with Crippen LogP contribution in [0.3, 0.4) is 0 Å². The summed E-state index contributed by atoms with van der Waals surface area (Å²) in [6.45, 7) is 4.83. The fourth-order valence-corrected chi connectivity index (χ4v) is 3.67. The number of rotatable bonds is 8. The summed E-state index contributed by atoms with van der Waals surface area (Å²) in [6.07, 6.45) is -4.42. The number of benzene rings is 2. The van der Waals surface area contributed by atoms with Crippen molar-refractivity contribution in [1.29, 1.82) is 0 Å². The van der Waals surface area contributed by atoms with Gasteiger partial charge in [-0.3, -0.25) is 14.4 Å². The van der Waals surface area contributed by atoms with Gasteiger partial charge in [-0.25, -0.2) is 0 Å². The van der Waals surface area contributed by atoms with E-state index >= 15 is 0 Å². The molecule has 0 saturated heterocycles. The van der Waals surface area contributed by atoms with Crippen LogP contribution >= 0.6 is 0 Å². The standard InChI is InChI=1S/C24H27F3N4O/c1-17-21(18(2)31(29-17)14-19-9-5-4-6-10-19)13-28-23(32)16-30(3)15-20-11-7-8-12-22(20)24(25,26)27/h4-12H,13-16H2,1-3H3,(H,28,32). The zero-order valence-electron chi connectivity index (χ0n) is 18.4. The number of aryl methyl sites for hydroxylation is 1. The Bertz CT molecular complexity index is 1060. The average Bonchev–Trinajstić information content (AvgIpc) is 2.99. The van der Waals surface area contributed by atoms with E-state index in [4.69, 9.17) is 0 Å². The van der Waals surface area contributed by atoms with Gasteiger partial charge in [-0.2, -0.15) is 18.3 Å². The Labute approximate surface area is 185 Å². The number of alkyl halides is 3. The van der Waals surface area contributed by atoms with E-state index in [1.165, 1.54) is 12.1 Å². The van der Waals surface area contributed by atoms with E-state index in [0.717, 1.165) is 28.6 Å². The quantitative estimate of drug-likeness (QED) is 0.563. The first-order valence-corrected chi connectivity index (χ1v) is 10.3. The van der Waals surface area contributed by atoms with Gasteiger partial charge in [0.15, 0.2) is 0 Å². The summed E-state index contributed by atoms with van der Waals surface area (Å²) >= 11 is 0. The maximum absolute atomic E-state index is 13.2. The van der Waals surface area contributed by atoms with Gasteiger partial charge in [0.25, 0.3) is 0 Å². The van der Waals surface area contributed by atoms with Crippen molar-refractivity contribution < 1.29 is 18.0 Å².